The molecule has 9 heteroatoms. The molecule has 3 amide bonds. The van der Waals surface area contributed by atoms with Crippen LogP contribution in [0.25, 0.3) is 0 Å². The first-order chi connectivity index (χ1) is 15.9. The summed E-state index contributed by atoms with van der Waals surface area (Å²) in [6.45, 7) is -0.559. The fourth-order valence-electron chi connectivity index (χ4n) is 2.74. The molecular weight excluding hydrogens is 488 g/mol. The van der Waals surface area contributed by atoms with Gasteiger partial charge in [-0.05, 0) is 60.7 Å². The van der Waals surface area contributed by atoms with Gasteiger partial charge in [-0.15, -0.1) is 0 Å². The number of ether oxygens (including phenoxy) is 1. The van der Waals surface area contributed by atoms with Crippen molar-refractivity contribution in [2.24, 2.45) is 0 Å². The van der Waals surface area contributed by atoms with Crippen LogP contribution in [-0.2, 0) is 9.59 Å². The highest BCUT2D eigenvalue weighted by atomic mass is 79.9. The number of carbonyl (C=O) groups excluding carboxylic acids is 3. The molecule has 0 aliphatic carbocycles. The van der Waals surface area contributed by atoms with Crippen LogP contribution in [0.3, 0.4) is 0 Å². The minimum atomic E-state index is -0.520. The molecule has 0 spiro atoms. The van der Waals surface area contributed by atoms with Gasteiger partial charge in [0.2, 0.25) is 5.91 Å². The lowest BCUT2D eigenvalue weighted by atomic mass is 10.2. The molecule has 0 saturated carbocycles. The molecule has 3 aromatic carbocycles. The average molecular weight is 507 g/mol. The molecule has 0 aliphatic heterocycles. The van der Waals surface area contributed by atoms with Crippen LogP contribution in [0.15, 0.2) is 77.3 Å². The highest BCUT2D eigenvalue weighted by molar-refractivity contribution is 9.10. The van der Waals surface area contributed by atoms with Crippen molar-refractivity contribution in [2.75, 3.05) is 23.8 Å². The third kappa shape index (κ3) is 7.19. The number of halogens is 1. The predicted octanol–water partition coefficient (Wildman–Crippen LogP) is 3.71. The molecule has 3 N–H and O–H groups in total. The number of anilines is 2. The summed E-state index contributed by atoms with van der Waals surface area (Å²) in [5.41, 5.74) is 1.79. The van der Waals surface area contributed by atoms with Crippen LogP contribution in [-0.4, -0.2) is 30.9 Å². The van der Waals surface area contributed by atoms with Crippen molar-refractivity contribution in [3.63, 3.8) is 0 Å². The van der Waals surface area contributed by atoms with Crippen LogP contribution < -0.4 is 20.7 Å². The number of para-hydroxylation sites is 1. The van der Waals surface area contributed by atoms with Gasteiger partial charge in [0, 0.05) is 15.8 Å². The summed E-state index contributed by atoms with van der Waals surface area (Å²) in [6.07, 6.45) is 0. The van der Waals surface area contributed by atoms with Gasteiger partial charge in [-0.2, -0.15) is 5.26 Å². The number of nitriles is 1. The van der Waals surface area contributed by atoms with E-state index in [-0.39, 0.29) is 30.4 Å². The first kappa shape index (κ1) is 23.5. The third-order valence-corrected chi connectivity index (χ3v) is 4.85. The van der Waals surface area contributed by atoms with Gasteiger partial charge in [-0.3, -0.25) is 14.4 Å². The second-order valence-electron chi connectivity index (χ2n) is 6.76. The van der Waals surface area contributed by atoms with Gasteiger partial charge in [0.15, 0.2) is 6.61 Å². The highest BCUT2D eigenvalue weighted by Crippen LogP contribution is 2.18. The molecule has 3 aromatic rings. The molecule has 33 heavy (non-hydrogen) atoms. The fourth-order valence-corrected chi connectivity index (χ4v) is 3.01. The molecule has 0 bridgehead atoms. The SMILES string of the molecule is N#Cc1ccc(NC(=O)CNC(=O)c2ccccc2OCC(=O)Nc2ccc(Br)cc2)cc1. The molecular formula is C24H19BrN4O4. The van der Waals surface area contributed by atoms with Crippen LogP contribution in [0.2, 0.25) is 0 Å². The predicted molar refractivity (Wildman–Crippen MR) is 127 cm³/mol. The molecule has 0 atom stereocenters. The number of nitrogens with one attached hydrogen (secondary N) is 3. The van der Waals surface area contributed by atoms with Gasteiger partial charge in [-0.1, -0.05) is 28.1 Å². The van der Waals surface area contributed by atoms with E-state index in [2.05, 4.69) is 31.9 Å². The molecule has 0 aliphatic rings. The Balaban J connectivity index is 1.52. The molecule has 0 aromatic heterocycles. The summed E-state index contributed by atoms with van der Waals surface area (Å²) in [6, 6.07) is 21.9. The van der Waals surface area contributed by atoms with E-state index in [0.717, 1.165) is 4.47 Å². The Hall–Kier alpha value is -4.16. The number of hydrogen-bond donors (Lipinski definition) is 3. The number of rotatable bonds is 8. The summed E-state index contributed by atoms with van der Waals surface area (Å²) in [5.74, 6) is -1.11. The molecule has 0 unspecified atom stereocenters. The fraction of sp³-hybridized carbons (Fsp3) is 0.0833. The number of hydrogen-bond acceptors (Lipinski definition) is 5. The normalized spacial score (nSPS) is 9.94. The quantitative estimate of drug-likeness (QED) is 0.430. The number of benzene rings is 3. The molecule has 0 radical (unpaired) electrons. The van der Waals surface area contributed by atoms with Crippen LogP contribution >= 0.6 is 15.9 Å². The van der Waals surface area contributed by atoms with Crippen molar-refractivity contribution < 1.29 is 19.1 Å². The third-order valence-electron chi connectivity index (χ3n) is 4.33. The summed E-state index contributed by atoms with van der Waals surface area (Å²) in [7, 11) is 0. The van der Waals surface area contributed by atoms with Crippen molar-refractivity contribution in [2.45, 2.75) is 0 Å². The minimum Gasteiger partial charge on any atom is -0.483 e. The second-order valence-corrected chi connectivity index (χ2v) is 7.68. The van der Waals surface area contributed by atoms with Crippen LogP contribution in [0.5, 0.6) is 5.75 Å². The maximum Gasteiger partial charge on any atom is 0.262 e. The number of nitrogens with zero attached hydrogens (tertiary/aromatic N) is 1. The lowest BCUT2D eigenvalue weighted by molar-refractivity contribution is -0.118. The second kappa shape index (κ2) is 11.5. The van der Waals surface area contributed by atoms with Gasteiger partial charge >= 0.3 is 0 Å². The molecule has 0 fully saturated rings. The first-order valence-corrected chi connectivity index (χ1v) is 10.6. The van der Waals surface area contributed by atoms with Crippen LogP contribution in [0.4, 0.5) is 11.4 Å². The zero-order valence-electron chi connectivity index (χ0n) is 17.3. The van der Waals surface area contributed by atoms with Crippen molar-refractivity contribution >= 4 is 45.0 Å². The zero-order chi connectivity index (χ0) is 23.6. The minimum absolute atomic E-state index is 0.195. The number of amides is 3. The smallest absolute Gasteiger partial charge is 0.262 e. The van der Waals surface area contributed by atoms with E-state index < -0.39 is 11.8 Å². The van der Waals surface area contributed by atoms with Gasteiger partial charge in [-0.25, -0.2) is 0 Å². The van der Waals surface area contributed by atoms with Crippen molar-refractivity contribution in [3.05, 3.63) is 88.4 Å². The van der Waals surface area contributed by atoms with Crippen LogP contribution in [0.1, 0.15) is 15.9 Å². The largest absolute Gasteiger partial charge is 0.483 e. The number of carbonyl (C=O) groups is 3. The van der Waals surface area contributed by atoms with E-state index >= 15 is 0 Å². The summed E-state index contributed by atoms with van der Waals surface area (Å²) < 4.78 is 6.42. The van der Waals surface area contributed by atoms with E-state index in [0.29, 0.717) is 16.9 Å². The van der Waals surface area contributed by atoms with Gasteiger partial charge in [0.1, 0.15) is 5.75 Å². The molecule has 0 saturated heterocycles. The van der Waals surface area contributed by atoms with Crippen LogP contribution in [0, 0.1) is 11.3 Å². The van der Waals surface area contributed by atoms with Gasteiger partial charge in [0.05, 0.1) is 23.7 Å². The van der Waals surface area contributed by atoms with Crippen molar-refractivity contribution in [1.29, 1.82) is 5.26 Å². The summed E-state index contributed by atoms with van der Waals surface area (Å²) >= 11 is 3.33. The Bertz CT molecular complexity index is 1190. The Morgan fingerprint density at radius 1 is 0.848 bits per heavy atom. The maximum absolute atomic E-state index is 12.6. The van der Waals surface area contributed by atoms with Crippen molar-refractivity contribution in [3.8, 4) is 11.8 Å². The van der Waals surface area contributed by atoms with E-state index in [1.807, 2.05) is 6.07 Å². The van der Waals surface area contributed by atoms with E-state index in [1.54, 1.807) is 66.7 Å². The standard InChI is InChI=1S/C24H19BrN4O4/c25-17-7-11-19(12-8-17)29-23(31)15-33-21-4-2-1-3-20(21)24(32)27-14-22(30)28-18-9-5-16(13-26)6-10-18/h1-12H,14-15H2,(H,27,32)(H,28,30)(H,29,31). The lowest BCUT2D eigenvalue weighted by Crippen LogP contribution is -2.33. The van der Waals surface area contributed by atoms with E-state index in [4.69, 9.17) is 10.00 Å². The Kier molecular flexibility index (Phi) is 8.16. The lowest BCUT2D eigenvalue weighted by Gasteiger charge is -2.12. The summed E-state index contributed by atoms with van der Waals surface area (Å²) in [5, 5.41) is 16.7. The molecule has 3 rings (SSSR count). The Morgan fingerprint density at radius 3 is 2.12 bits per heavy atom. The monoisotopic (exact) mass is 506 g/mol. The topological polar surface area (TPSA) is 120 Å². The van der Waals surface area contributed by atoms with Gasteiger partial charge < -0.3 is 20.7 Å². The molecule has 0 heterocycles. The average Bonchev–Trinajstić information content (AvgIpc) is 2.83. The molecule has 8 nitrogen and oxygen atoms in total. The highest BCUT2D eigenvalue weighted by Gasteiger charge is 2.14. The maximum atomic E-state index is 12.6. The Morgan fingerprint density at radius 2 is 1.45 bits per heavy atom. The molecule has 166 valence electrons. The Labute approximate surface area is 198 Å². The summed E-state index contributed by atoms with van der Waals surface area (Å²) in [4.78, 5) is 36.8. The van der Waals surface area contributed by atoms with E-state index in [1.165, 1.54) is 6.07 Å². The van der Waals surface area contributed by atoms with Crippen molar-refractivity contribution in [1.82, 2.24) is 5.32 Å². The zero-order valence-corrected chi connectivity index (χ0v) is 18.9. The first-order valence-electron chi connectivity index (χ1n) is 9.80. The van der Waals surface area contributed by atoms with Gasteiger partial charge in [0.25, 0.3) is 11.8 Å². The van der Waals surface area contributed by atoms with E-state index in [9.17, 15) is 14.4 Å².